The lowest BCUT2D eigenvalue weighted by Crippen LogP contribution is -2.11. The Bertz CT molecular complexity index is 714. The van der Waals surface area contributed by atoms with Crippen LogP contribution in [-0.2, 0) is 0 Å². The molecule has 0 fully saturated rings. The van der Waals surface area contributed by atoms with Crippen molar-refractivity contribution < 1.29 is 9.21 Å². The van der Waals surface area contributed by atoms with E-state index < -0.39 is 0 Å². The molecule has 0 aliphatic carbocycles. The number of aryl methyl sites for hydroxylation is 1. The molecule has 3 rings (SSSR count). The number of oxazole rings is 1. The van der Waals surface area contributed by atoms with Gasteiger partial charge in [-0.05, 0) is 19.1 Å². The predicted molar refractivity (Wildman–Crippen MR) is 73.2 cm³/mol. The summed E-state index contributed by atoms with van der Waals surface area (Å²) < 4.78 is 5.19. The van der Waals surface area contributed by atoms with E-state index in [1.165, 1.54) is 6.39 Å². The minimum absolute atomic E-state index is 0.208. The highest BCUT2D eigenvalue weighted by Crippen LogP contribution is 2.19. The van der Waals surface area contributed by atoms with Crippen molar-refractivity contribution in [3.8, 4) is 11.3 Å². The van der Waals surface area contributed by atoms with Gasteiger partial charge in [0.15, 0.2) is 18.0 Å². The Morgan fingerprint density at radius 2 is 2.10 bits per heavy atom. The summed E-state index contributed by atoms with van der Waals surface area (Å²) in [5, 5.41) is 9.44. The summed E-state index contributed by atoms with van der Waals surface area (Å²) in [4.78, 5) is 15.9. The molecule has 1 amide bonds. The van der Waals surface area contributed by atoms with Crippen molar-refractivity contribution in [2.45, 2.75) is 6.92 Å². The number of benzene rings is 1. The molecule has 6 heteroatoms. The third-order valence-electron chi connectivity index (χ3n) is 2.81. The normalized spacial score (nSPS) is 10.4. The van der Waals surface area contributed by atoms with Crippen molar-refractivity contribution >= 4 is 11.7 Å². The summed E-state index contributed by atoms with van der Waals surface area (Å²) >= 11 is 0. The third kappa shape index (κ3) is 2.44. The number of hydrogen-bond acceptors (Lipinski definition) is 4. The van der Waals surface area contributed by atoms with Gasteiger partial charge in [0.05, 0.1) is 6.20 Å². The zero-order valence-corrected chi connectivity index (χ0v) is 10.8. The minimum atomic E-state index is -0.208. The van der Waals surface area contributed by atoms with Crippen molar-refractivity contribution in [2.24, 2.45) is 0 Å². The van der Waals surface area contributed by atoms with Crippen molar-refractivity contribution in [1.29, 1.82) is 0 Å². The fourth-order valence-corrected chi connectivity index (χ4v) is 1.81. The molecule has 0 saturated heterocycles. The van der Waals surface area contributed by atoms with Crippen LogP contribution in [0.3, 0.4) is 0 Å². The molecule has 0 unspecified atom stereocenters. The van der Waals surface area contributed by atoms with E-state index in [9.17, 15) is 4.79 Å². The van der Waals surface area contributed by atoms with Crippen molar-refractivity contribution in [3.05, 3.63) is 54.2 Å². The molecular formula is C14H12N4O2. The van der Waals surface area contributed by atoms with Gasteiger partial charge in [-0.2, -0.15) is 5.10 Å². The lowest BCUT2D eigenvalue weighted by Gasteiger charge is -2.02. The quantitative estimate of drug-likeness (QED) is 0.764. The maximum Gasteiger partial charge on any atom is 0.256 e. The van der Waals surface area contributed by atoms with Crippen LogP contribution in [0.1, 0.15) is 16.1 Å². The molecule has 0 aliphatic heterocycles. The van der Waals surface area contributed by atoms with Crippen LogP contribution in [0.15, 0.2) is 47.3 Å². The number of anilines is 1. The smallest absolute Gasteiger partial charge is 0.256 e. The second-order valence-corrected chi connectivity index (χ2v) is 4.33. The summed E-state index contributed by atoms with van der Waals surface area (Å²) in [6, 6.07) is 8.84. The first-order valence-corrected chi connectivity index (χ1v) is 6.04. The first-order valence-electron chi connectivity index (χ1n) is 6.04. The first-order chi connectivity index (χ1) is 9.72. The highest BCUT2D eigenvalue weighted by Gasteiger charge is 2.09. The number of aromatic amines is 1. The van der Waals surface area contributed by atoms with E-state index in [1.807, 2.05) is 19.1 Å². The van der Waals surface area contributed by atoms with Crippen LogP contribution >= 0.6 is 0 Å². The maximum absolute atomic E-state index is 12.0. The second-order valence-electron chi connectivity index (χ2n) is 4.33. The fraction of sp³-hybridized carbons (Fsp3) is 0.0714. The van der Waals surface area contributed by atoms with Gasteiger partial charge in [-0.25, -0.2) is 4.98 Å². The van der Waals surface area contributed by atoms with Crippen LogP contribution in [0.4, 0.5) is 5.82 Å². The summed E-state index contributed by atoms with van der Waals surface area (Å²) in [7, 11) is 0. The molecule has 0 saturated carbocycles. The molecule has 2 aromatic heterocycles. The van der Waals surface area contributed by atoms with Crippen LogP contribution in [0.5, 0.6) is 0 Å². The number of carbonyl (C=O) groups excluding carboxylic acids is 1. The van der Waals surface area contributed by atoms with Gasteiger partial charge in [-0.15, -0.1) is 0 Å². The van der Waals surface area contributed by atoms with Gasteiger partial charge in [0.1, 0.15) is 0 Å². The number of nitrogens with zero attached hydrogens (tertiary/aromatic N) is 2. The SMILES string of the molecule is Cc1cc(NC(=O)c2ccc(-c3cnco3)cc2)n[nH]1. The molecule has 100 valence electrons. The summed E-state index contributed by atoms with van der Waals surface area (Å²) in [5.74, 6) is 0.965. The number of carbonyl (C=O) groups is 1. The maximum atomic E-state index is 12.0. The molecule has 0 aliphatic rings. The molecule has 0 atom stereocenters. The van der Waals surface area contributed by atoms with Crippen LogP contribution in [0.2, 0.25) is 0 Å². The number of hydrogen-bond donors (Lipinski definition) is 2. The molecule has 2 heterocycles. The van der Waals surface area contributed by atoms with Gasteiger partial charge >= 0.3 is 0 Å². The van der Waals surface area contributed by atoms with Crippen molar-refractivity contribution in [2.75, 3.05) is 5.32 Å². The molecule has 0 bridgehead atoms. The van der Waals surface area contributed by atoms with Crippen molar-refractivity contribution in [3.63, 3.8) is 0 Å². The number of aromatic nitrogens is 3. The largest absolute Gasteiger partial charge is 0.444 e. The van der Waals surface area contributed by atoms with E-state index in [4.69, 9.17) is 4.42 Å². The lowest BCUT2D eigenvalue weighted by molar-refractivity contribution is 0.102. The third-order valence-corrected chi connectivity index (χ3v) is 2.81. The highest BCUT2D eigenvalue weighted by molar-refractivity contribution is 6.03. The Morgan fingerprint density at radius 3 is 2.70 bits per heavy atom. The van der Waals surface area contributed by atoms with Gasteiger partial charge in [-0.3, -0.25) is 9.89 Å². The number of amides is 1. The van der Waals surface area contributed by atoms with Crippen LogP contribution in [0.25, 0.3) is 11.3 Å². The van der Waals surface area contributed by atoms with Gasteiger partial charge in [-0.1, -0.05) is 12.1 Å². The van der Waals surface area contributed by atoms with Gasteiger partial charge in [0, 0.05) is 22.9 Å². The predicted octanol–water partition coefficient (Wildman–Crippen LogP) is 2.63. The van der Waals surface area contributed by atoms with E-state index in [0.29, 0.717) is 17.1 Å². The Kier molecular flexibility index (Phi) is 3.04. The second kappa shape index (κ2) is 5.00. The Morgan fingerprint density at radius 1 is 1.30 bits per heavy atom. The Labute approximate surface area is 114 Å². The standard InChI is InChI=1S/C14H12N4O2/c1-9-6-13(18-17-9)16-14(19)11-4-2-10(3-5-11)12-7-15-8-20-12/h2-8H,1H3,(H2,16,17,18,19). The molecule has 2 N–H and O–H groups in total. The minimum Gasteiger partial charge on any atom is -0.444 e. The molecule has 0 spiro atoms. The first kappa shape index (κ1) is 12.2. The zero-order valence-electron chi connectivity index (χ0n) is 10.8. The van der Waals surface area contributed by atoms with Crippen LogP contribution in [-0.4, -0.2) is 21.1 Å². The topological polar surface area (TPSA) is 83.8 Å². The molecule has 0 radical (unpaired) electrons. The lowest BCUT2D eigenvalue weighted by atomic mass is 10.1. The van der Waals surface area contributed by atoms with E-state index >= 15 is 0 Å². The van der Waals surface area contributed by atoms with E-state index in [-0.39, 0.29) is 5.91 Å². The number of rotatable bonds is 3. The molecule has 20 heavy (non-hydrogen) atoms. The summed E-state index contributed by atoms with van der Waals surface area (Å²) in [6.45, 7) is 1.87. The molecule has 3 aromatic rings. The fourth-order valence-electron chi connectivity index (χ4n) is 1.81. The number of H-pyrrole nitrogens is 1. The van der Waals surface area contributed by atoms with E-state index in [0.717, 1.165) is 11.3 Å². The summed E-state index contributed by atoms with van der Waals surface area (Å²) in [5.41, 5.74) is 2.31. The van der Waals surface area contributed by atoms with E-state index in [2.05, 4.69) is 20.5 Å². The van der Waals surface area contributed by atoms with Gasteiger partial charge < -0.3 is 9.73 Å². The zero-order chi connectivity index (χ0) is 13.9. The van der Waals surface area contributed by atoms with E-state index in [1.54, 1.807) is 24.4 Å². The van der Waals surface area contributed by atoms with Crippen LogP contribution < -0.4 is 5.32 Å². The average molecular weight is 268 g/mol. The average Bonchev–Trinajstić information content (AvgIpc) is 3.11. The highest BCUT2D eigenvalue weighted by atomic mass is 16.3. The Hall–Kier alpha value is -2.89. The van der Waals surface area contributed by atoms with Gasteiger partial charge in [0.25, 0.3) is 5.91 Å². The molecule has 1 aromatic carbocycles. The summed E-state index contributed by atoms with van der Waals surface area (Å²) in [6.07, 6.45) is 3.00. The number of nitrogens with one attached hydrogen (secondary N) is 2. The molecular weight excluding hydrogens is 256 g/mol. The Balaban J connectivity index is 1.75. The molecule has 6 nitrogen and oxygen atoms in total. The van der Waals surface area contributed by atoms with Crippen molar-refractivity contribution in [1.82, 2.24) is 15.2 Å². The monoisotopic (exact) mass is 268 g/mol. The van der Waals surface area contributed by atoms with Crippen LogP contribution in [0, 0.1) is 6.92 Å². The van der Waals surface area contributed by atoms with Gasteiger partial charge in [0.2, 0.25) is 0 Å².